The Balaban J connectivity index is 1.40. The molecular weight excluding hydrogens is 571 g/mol. The molecule has 28 heavy (non-hydrogen) atoms. The molecule has 2 radical (unpaired) electrons. The van der Waals surface area contributed by atoms with Gasteiger partial charge in [-0.1, -0.05) is 0 Å². The third-order valence-corrected chi connectivity index (χ3v) is 11.8. The summed E-state index contributed by atoms with van der Waals surface area (Å²) < 4.78 is 3.11. The van der Waals surface area contributed by atoms with E-state index < -0.39 is 0 Å². The van der Waals surface area contributed by atoms with Crippen LogP contribution in [0, 0.1) is 22.7 Å². The van der Waals surface area contributed by atoms with Gasteiger partial charge in [-0.3, -0.25) is 0 Å². The molecule has 0 heterocycles. The number of aliphatic imine (C=N–C) groups is 2. The molecule has 0 aromatic carbocycles. The summed E-state index contributed by atoms with van der Waals surface area (Å²) in [5.74, 6) is 1.88. The zero-order chi connectivity index (χ0) is 19.2. The predicted molar refractivity (Wildman–Crippen MR) is 120 cm³/mol. The average molecular weight is 608 g/mol. The Morgan fingerprint density at radius 3 is 1.39 bits per heavy atom. The van der Waals surface area contributed by atoms with E-state index in [1.807, 2.05) is 0 Å². The molecule has 6 rings (SSSR count). The van der Waals surface area contributed by atoms with Crippen molar-refractivity contribution in [2.45, 2.75) is 115 Å². The summed E-state index contributed by atoms with van der Waals surface area (Å²) in [4.78, 5) is 10.8. The molecule has 0 spiro atoms. The fourth-order valence-electron chi connectivity index (χ4n) is 7.79. The summed E-state index contributed by atoms with van der Waals surface area (Å²) >= 11 is 4.66. The molecule has 0 aromatic heterocycles. The Bertz CT molecular complexity index is 577. The minimum absolute atomic E-state index is 0.428. The van der Waals surface area contributed by atoms with Crippen molar-refractivity contribution in [3.05, 3.63) is 0 Å². The second kappa shape index (κ2) is 8.45. The summed E-state index contributed by atoms with van der Waals surface area (Å²) in [7, 11) is 0. The Hall–Kier alpha value is 0.919. The first-order valence-electron chi connectivity index (χ1n) is 12.1. The molecule has 4 bridgehead atoms. The molecule has 0 amide bonds. The first-order chi connectivity index (χ1) is 13.6. The molecule has 6 aliphatic rings. The van der Waals surface area contributed by atoms with Crippen molar-refractivity contribution < 1.29 is 0 Å². The van der Waals surface area contributed by atoms with Crippen molar-refractivity contribution in [2.75, 3.05) is 0 Å². The molecule has 2 nitrogen and oxygen atoms in total. The second-order valence-corrected chi connectivity index (χ2v) is 13.2. The first-order valence-corrected chi connectivity index (χ1v) is 14.4. The standard InChI is InChI=1S/C24H36N2Te2/c27-21(25-19-7-3-1-4-8-19)23-12-17-11-18(13-23)15-24(14-17,16-23)22(28)26-20-9-5-2-6-10-20/h17-20H,1-16H2. The first kappa shape index (κ1) is 20.8. The molecule has 0 aromatic rings. The predicted octanol–water partition coefficient (Wildman–Crippen LogP) is 5.37. The van der Waals surface area contributed by atoms with Crippen LogP contribution in [0.3, 0.4) is 0 Å². The minimum atomic E-state index is 0.428. The number of nitrogens with zero attached hydrogens (tertiary/aromatic N) is 2. The van der Waals surface area contributed by atoms with Crippen molar-refractivity contribution in [3.8, 4) is 0 Å². The normalized spacial score (nSPS) is 42.9. The SMILES string of the molecule is [Te]C(=NC1CCCCC1)C12CC3CC(C1)CC(C([Te])=NC1CCCCC1)(C3)C2. The molecule has 0 unspecified atom stereocenters. The van der Waals surface area contributed by atoms with Gasteiger partial charge in [0.15, 0.2) is 0 Å². The van der Waals surface area contributed by atoms with Gasteiger partial charge in [0.25, 0.3) is 0 Å². The summed E-state index contributed by atoms with van der Waals surface area (Å²) in [5.41, 5.74) is 0.855. The fourth-order valence-corrected chi connectivity index (χ4v) is 10.0. The zero-order valence-corrected chi connectivity index (χ0v) is 22.0. The van der Waals surface area contributed by atoms with Crippen molar-refractivity contribution in [3.63, 3.8) is 0 Å². The van der Waals surface area contributed by atoms with Crippen LogP contribution in [0.15, 0.2) is 9.98 Å². The second-order valence-electron chi connectivity index (χ2n) is 11.0. The van der Waals surface area contributed by atoms with Gasteiger partial charge in [0, 0.05) is 0 Å². The van der Waals surface area contributed by atoms with E-state index in [1.54, 1.807) is 7.52 Å². The number of hydrogen-bond donors (Lipinski definition) is 0. The Morgan fingerprint density at radius 2 is 1.00 bits per heavy atom. The summed E-state index contributed by atoms with van der Waals surface area (Å²) in [5, 5.41) is 0. The van der Waals surface area contributed by atoms with Crippen molar-refractivity contribution in [1.29, 1.82) is 0 Å². The van der Waals surface area contributed by atoms with Crippen LogP contribution >= 0.6 is 0 Å². The van der Waals surface area contributed by atoms with E-state index in [-0.39, 0.29) is 0 Å². The van der Waals surface area contributed by atoms with Crippen LogP contribution in [-0.4, -0.2) is 64.2 Å². The summed E-state index contributed by atoms with van der Waals surface area (Å²) in [6.45, 7) is 0. The van der Waals surface area contributed by atoms with E-state index in [1.165, 1.54) is 103 Å². The van der Waals surface area contributed by atoms with Gasteiger partial charge in [0.2, 0.25) is 0 Å². The Kier molecular flexibility index (Phi) is 6.28. The Labute approximate surface area is 198 Å². The molecule has 154 valence electrons. The number of hydrogen-bond acceptors (Lipinski definition) is 2. The third kappa shape index (κ3) is 4.04. The van der Waals surface area contributed by atoms with Crippen molar-refractivity contribution in [2.24, 2.45) is 32.7 Å². The van der Waals surface area contributed by atoms with Crippen molar-refractivity contribution >= 4 is 52.1 Å². The van der Waals surface area contributed by atoms with E-state index in [2.05, 4.69) is 44.6 Å². The quantitative estimate of drug-likeness (QED) is 0.303. The van der Waals surface area contributed by atoms with Gasteiger partial charge in [0.1, 0.15) is 0 Å². The van der Waals surface area contributed by atoms with Gasteiger partial charge in [-0.05, 0) is 0 Å². The maximum absolute atomic E-state index is 5.41. The van der Waals surface area contributed by atoms with E-state index in [0.717, 1.165) is 11.8 Å². The van der Waals surface area contributed by atoms with Gasteiger partial charge in [-0.15, -0.1) is 0 Å². The van der Waals surface area contributed by atoms with Crippen LogP contribution in [-0.2, 0) is 0 Å². The molecule has 6 fully saturated rings. The van der Waals surface area contributed by atoms with Crippen LogP contribution in [0.25, 0.3) is 0 Å². The Morgan fingerprint density at radius 1 is 0.607 bits per heavy atom. The van der Waals surface area contributed by atoms with Crippen LogP contribution in [0.2, 0.25) is 0 Å². The topological polar surface area (TPSA) is 24.7 Å². The molecule has 0 aliphatic heterocycles. The average Bonchev–Trinajstić information content (AvgIpc) is 2.68. The molecular formula is C24H36N2Te2. The van der Waals surface area contributed by atoms with E-state index in [9.17, 15) is 0 Å². The van der Waals surface area contributed by atoms with Crippen LogP contribution < -0.4 is 0 Å². The fraction of sp³-hybridized carbons (Fsp3) is 0.917. The zero-order valence-electron chi connectivity index (χ0n) is 17.3. The monoisotopic (exact) mass is 612 g/mol. The van der Waals surface area contributed by atoms with E-state index >= 15 is 0 Å². The van der Waals surface area contributed by atoms with Gasteiger partial charge < -0.3 is 0 Å². The molecule has 6 aliphatic carbocycles. The van der Waals surface area contributed by atoms with Crippen molar-refractivity contribution in [1.82, 2.24) is 0 Å². The molecule has 0 saturated heterocycles. The number of rotatable bonds is 4. The maximum atomic E-state index is 5.41. The van der Waals surface area contributed by atoms with Gasteiger partial charge in [-0.2, -0.15) is 0 Å². The van der Waals surface area contributed by atoms with Gasteiger partial charge in [0.05, 0.1) is 0 Å². The van der Waals surface area contributed by atoms with E-state index in [0.29, 0.717) is 22.9 Å². The molecule has 0 N–H and O–H groups in total. The third-order valence-electron chi connectivity index (χ3n) is 8.72. The van der Waals surface area contributed by atoms with E-state index in [4.69, 9.17) is 9.98 Å². The molecule has 0 atom stereocenters. The molecule has 6 saturated carbocycles. The van der Waals surface area contributed by atoms with Crippen LogP contribution in [0.5, 0.6) is 0 Å². The summed E-state index contributed by atoms with van der Waals surface area (Å²) in [6, 6.07) is 1.27. The van der Waals surface area contributed by atoms with Gasteiger partial charge >= 0.3 is 200 Å². The summed E-state index contributed by atoms with van der Waals surface area (Å²) in [6.07, 6.45) is 22.5. The molecule has 4 heteroatoms. The van der Waals surface area contributed by atoms with Crippen LogP contribution in [0.4, 0.5) is 0 Å². The van der Waals surface area contributed by atoms with Gasteiger partial charge in [-0.25, -0.2) is 0 Å². The van der Waals surface area contributed by atoms with Crippen LogP contribution in [0.1, 0.15) is 103 Å².